The van der Waals surface area contributed by atoms with E-state index >= 15 is 0 Å². The standard InChI is InChI=1S/C18H30O6Si/c1-8-22-15(20)14-11-13(24-25(5,6)7)9-10-18(14,12-19)16(21)23-17(2,3)4/h9,12,14H,8,10-11H2,1-7H3/t14-,18+/m1/s1. The lowest BCUT2D eigenvalue weighted by molar-refractivity contribution is -0.179. The monoisotopic (exact) mass is 370 g/mol. The van der Waals surface area contributed by atoms with Crippen LogP contribution in [0.2, 0.25) is 19.6 Å². The molecule has 0 amide bonds. The molecule has 7 heteroatoms. The van der Waals surface area contributed by atoms with Crippen LogP contribution < -0.4 is 0 Å². The summed E-state index contributed by atoms with van der Waals surface area (Å²) in [6, 6.07) is 0. The minimum Gasteiger partial charge on any atom is -0.548 e. The zero-order valence-corrected chi connectivity index (χ0v) is 17.3. The fraction of sp³-hybridized carbons (Fsp3) is 0.722. The van der Waals surface area contributed by atoms with Crippen LogP contribution in [0.5, 0.6) is 0 Å². The van der Waals surface area contributed by atoms with Gasteiger partial charge in [-0.3, -0.25) is 9.59 Å². The minimum absolute atomic E-state index is 0.0642. The first-order valence-corrected chi connectivity index (χ1v) is 12.0. The quantitative estimate of drug-likeness (QED) is 0.309. The second-order valence-electron chi connectivity index (χ2n) is 8.26. The second-order valence-corrected chi connectivity index (χ2v) is 12.7. The number of hydrogen-bond donors (Lipinski definition) is 0. The Kier molecular flexibility index (Phi) is 6.61. The molecule has 2 atom stereocenters. The number of ether oxygens (including phenoxy) is 2. The first-order valence-electron chi connectivity index (χ1n) is 8.59. The number of rotatable bonds is 6. The summed E-state index contributed by atoms with van der Waals surface area (Å²) >= 11 is 0. The summed E-state index contributed by atoms with van der Waals surface area (Å²) in [4.78, 5) is 37.2. The van der Waals surface area contributed by atoms with Crippen molar-refractivity contribution in [2.45, 2.75) is 65.8 Å². The van der Waals surface area contributed by atoms with Gasteiger partial charge in [-0.15, -0.1) is 0 Å². The Morgan fingerprint density at radius 3 is 2.36 bits per heavy atom. The van der Waals surface area contributed by atoms with E-state index in [4.69, 9.17) is 13.9 Å². The van der Waals surface area contributed by atoms with Gasteiger partial charge in [0.1, 0.15) is 17.3 Å². The summed E-state index contributed by atoms with van der Waals surface area (Å²) in [5, 5.41) is 0. The molecule has 0 heterocycles. The average molecular weight is 371 g/mol. The van der Waals surface area contributed by atoms with Crippen molar-refractivity contribution in [1.82, 2.24) is 0 Å². The topological polar surface area (TPSA) is 78.9 Å². The number of aldehydes is 1. The molecule has 1 aliphatic carbocycles. The van der Waals surface area contributed by atoms with Crippen LogP contribution in [0.3, 0.4) is 0 Å². The highest BCUT2D eigenvalue weighted by molar-refractivity contribution is 6.70. The van der Waals surface area contributed by atoms with E-state index in [1.165, 1.54) is 0 Å². The Hall–Kier alpha value is -1.63. The third-order valence-electron chi connectivity index (χ3n) is 3.69. The smallest absolute Gasteiger partial charge is 0.321 e. The van der Waals surface area contributed by atoms with Crippen molar-refractivity contribution in [2.75, 3.05) is 6.61 Å². The lowest BCUT2D eigenvalue weighted by atomic mass is 9.69. The van der Waals surface area contributed by atoms with Gasteiger partial charge in [-0.25, -0.2) is 0 Å². The van der Waals surface area contributed by atoms with Crippen LogP contribution in [0.1, 0.15) is 40.5 Å². The molecule has 142 valence electrons. The highest BCUT2D eigenvalue weighted by Gasteiger charge is 2.54. The maximum absolute atomic E-state index is 12.8. The number of esters is 2. The number of allylic oxidation sites excluding steroid dienone is 2. The molecule has 0 aromatic heterocycles. The normalized spacial score (nSPS) is 24.1. The third-order valence-corrected chi connectivity index (χ3v) is 4.57. The molecule has 0 saturated heterocycles. The predicted octanol–water partition coefficient (Wildman–Crippen LogP) is 3.22. The number of hydrogen-bond acceptors (Lipinski definition) is 6. The van der Waals surface area contributed by atoms with E-state index in [0.29, 0.717) is 12.0 Å². The van der Waals surface area contributed by atoms with E-state index in [9.17, 15) is 14.4 Å². The highest BCUT2D eigenvalue weighted by Crippen LogP contribution is 2.42. The molecule has 0 aromatic carbocycles. The Labute approximate surface area is 151 Å². The molecular formula is C18H30O6Si. The minimum atomic E-state index is -1.87. The number of carbonyl (C=O) groups is 3. The van der Waals surface area contributed by atoms with Crippen molar-refractivity contribution in [3.05, 3.63) is 11.8 Å². The van der Waals surface area contributed by atoms with Crippen LogP contribution in [-0.2, 0) is 28.3 Å². The summed E-state index contributed by atoms with van der Waals surface area (Å²) in [7, 11) is -1.87. The summed E-state index contributed by atoms with van der Waals surface area (Å²) in [6.07, 6.45) is 2.48. The van der Waals surface area contributed by atoms with Crippen LogP contribution in [0, 0.1) is 11.3 Å². The van der Waals surface area contributed by atoms with Crippen LogP contribution in [-0.4, -0.2) is 38.8 Å². The molecule has 0 aromatic rings. The molecular weight excluding hydrogens is 340 g/mol. The molecule has 0 spiro atoms. The van der Waals surface area contributed by atoms with Crippen molar-refractivity contribution >= 4 is 26.5 Å². The van der Waals surface area contributed by atoms with Crippen molar-refractivity contribution in [2.24, 2.45) is 11.3 Å². The van der Waals surface area contributed by atoms with Gasteiger partial charge in [0.2, 0.25) is 8.32 Å². The zero-order chi connectivity index (χ0) is 19.5. The van der Waals surface area contributed by atoms with Gasteiger partial charge in [0.25, 0.3) is 0 Å². The van der Waals surface area contributed by atoms with E-state index in [0.717, 1.165) is 0 Å². The zero-order valence-electron chi connectivity index (χ0n) is 16.3. The molecule has 0 radical (unpaired) electrons. The fourth-order valence-electron chi connectivity index (χ4n) is 2.68. The Morgan fingerprint density at radius 1 is 1.32 bits per heavy atom. The molecule has 1 aliphatic rings. The Bertz CT molecular complexity index is 555. The fourth-order valence-corrected chi connectivity index (χ4v) is 3.64. The average Bonchev–Trinajstić information content (AvgIpc) is 2.44. The SMILES string of the molecule is CCOC(=O)[C@H]1CC(O[Si](C)(C)C)=CC[C@@]1(C=O)C(=O)OC(C)(C)C. The van der Waals surface area contributed by atoms with E-state index in [2.05, 4.69) is 0 Å². The number of carbonyl (C=O) groups excluding carboxylic acids is 3. The third kappa shape index (κ3) is 5.69. The van der Waals surface area contributed by atoms with Crippen molar-refractivity contribution in [3.63, 3.8) is 0 Å². The molecule has 25 heavy (non-hydrogen) atoms. The van der Waals surface area contributed by atoms with Gasteiger partial charge in [0.15, 0.2) is 0 Å². The first-order chi connectivity index (χ1) is 11.3. The molecule has 0 saturated carbocycles. The maximum atomic E-state index is 12.8. The molecule has 0 aliphatic heterocycles. The van der Waals surface area contributed by atoms with E-state index < -0.39 is 37.2 Å². The van der Waals surface area contributed by atoms with Crippen molar-refractivity contribution in [3.8, 4) is 0 Å². The van der Waals surface area contributed by atoms with Gasteiger partial charge >= 0.3 is 11.9 Å². The Morgan fingerprint density at radius 2 is 1.92 bits per heavy atom. The van der Waals surface area contributed by atoms with Crippen molar-refractivity contribution < 1.29 is 28.3 Å². The molecule has 1 rings (SSSR count). The first kappa shape index (κ1) is 21.4. The van der Waals surface area contributed by atoms with Gasteiger partial charge in [-0.05, 0) is 59.8 Å². The molecule has 0 fully saturated rings. The van der Waals surface area contributed by atoms with Crippen LogP contribution in [0.25, 0.3) is 0 Å². The van der Waals surface area contributed by atoms with Gasteiger partial charge in [0.05, 0.1) is 18.3 Å². The largest absolute Gasteiger partial charge is 0.548 e. The van der Waals surface area contributed by atoms with Gasteiger partial charge in [0, 0.05) is 6.42 Å². The van der Waals surface area contributed by atoms with Crippen LogP contribution in [0.15, 0.2) is 11.8 Å². The van der Waals surface area contributed by atoms with Crippen molar-refractivity contribution in [1.29, 1.82) is 0 Å². The summed E-state index contributed by atoms with van der Waals surface area (Å²) in [5.41, 5.74) is -2.34. The maximum Gasteiger partial charge on any atom is 0.321 e. The van der Waals surface area contributed by atoms with E-state index in [1.807, 2.05) is 19.6 Å². The van der Waals surface area contributed by atoms with E-state index in [1.54, 1.807) is 33.8 Å². The summed E-state index contributed by atoms with van der Waals surface area (Å²) < 4.78 is 16.5. The second kappa shape index (κ2) is 7.72. The van der Waals surface area contributed by atoms with Gasteiger partial charge in [-0.1, -0.05) is 0 Å². The van der Waals surface area contributed by atoms with Crippen LogP contribution in [0.4, 0.5) is 0 Å². The van der Waals surface area contributed by atoms with Crippen LogP contribution >= 0.6 is 0 Å². The molecule has 0 N–H and O–H groups in total. The predicted molar refractivity (Wildman–Crippen MR) is 96.2 cm³/mol. The lowest BCUT2D eigenvalue weighted by Crippen LogP contribution is -2.49. The molecule has 0 unspecified atom stereocenters. The van der Waals surface area contributed by atoms with E-state index in [-0.39, 0.29) is 19.4 Å². The lowest BCUT2D eigenvalue weighted by Gasteiger charge is -2.38. The van der Waals surface area contributed by atoms with Gasteiger partial charge in [-0.2, -0.15) is 0 Å². The summed E-state index contributed by atoms with van der Waals surface area (Å²) in [6.45, 7) is 13.1. The Balaban J connectivity index is 3.25. The highest BCUT2D eigenvalue weighted by atomic mass is 28.4. The molecule has 0 bridgehead atoms. The summed E-state index contributed by atoms with van der Waals surface area (Å²) in [5.74, 6) is -1.59. The van der Waals surface area contributed by atoms with Gasteiger partial charge < -0.3 is 18.7 Å². The molecule has 6 nitrogen and oxygen atoms in total.